The molecule has 0 saturated carbocycles. The van der Waals surface area contributed by atoms with Crippen molar-refractivity contribution in [2.45, 2.75) is 12.4 Å². The second kappa shape index (κ2) is 11.3. The van der Waals surface area contributed by atoms with E-state index >= 15 is 4.39 Å². The molecule has 2 aliphatic heterocycles. The summed E-state index contributed by atoms with van der Waals surface area (Å²) in [5, 5.41) is 11.8. The van der Waals surface area contributed by atoms with Crippen molar-refractivity contribution in [3.05, 3.63) is 76.1 Å². The third-order valence-corrected chi connectivity index (χ3v) is 7.96. The van der Waals surface area contributed by atoms with E-state index in [0.29, 0.717) is 31.9 Å². The van der Waals surface area contributed by atoms with Crippen molar-refractivity contribution in [3.63, 3.8) is 0 Å². The Morgan fingerprint density at radius 3 is 2.31 bits per heavy atom. The molecule has 222 valence electrons. The van der Waals surface area contributed by atoms with Gasteiger partial charge in [-0.25, -0.2) is 18.9 Å². The number of cyclic esters (lactones) is 1. The van der Waals surface area contributed by atoms with Crippen molar-refractivity contribution in [1.82, 2.24) is 0 Å². The zero-order valence-electron chi connectivity index (χ0n) is 21.9. The minimum absolute atomic E-state index is 0.00678. The number of nitrogens with zero attached hydrogens (tertiary/aromatic N) is 5. The van der Waals surface area contributed by atoms with Crippen LogP contribution in [0.4, 0.5) is 54.2 Å². The van der Waals surface area contributed by atoms with E-state index in [1.165, 1.54) is 18.2 Å². The molecule has 11 nitrogen and oxygen atoms in total. The first-order valence-electron chi connectivity index (χ1n) is 12.5. The molecule has 0 N–H and O–H groups in total. The molecule has 1 atom stereocenters. The zero-order chi connectivity index (χ0) is 30.2. The standard InChI is InChI=1S/C26H23F4N5O6S/c1-40-25(37)34(17-4-2-16(3-5-17)26(28,29)30)21-15-33(24(36)41-21)18-6-7-20(19(27)14-18)31-10-12-32(13-11-31)22-8-9-23(42-22)35(38)39/h2-9,14,21H,10-13,15H2,1H3/t21-/m1/s1. The Balaban J connectivity index is 1.28. The van der Waals surface area contributed by atoms with Crippen LogP contribution in [0.3, 0.4) is 0 Å². The van der Waals surface area contributed by atoms with E-state index in [-0.39, 0.29) is 22.9 Å². The van der Waals surface area contributed by atoms with Crippen molar-refractivity contribution in [1.29, 1.82) is 0 Å². The third kappa shape index (κ3) is 5.74. The molecule has 2 amide bonds. The van der Waals surface area contributed by atoms with Gasteiger partial charge < -0.3 is 19.3 Å². The first-order valence-corrected chi connectivity index (χ1v) is 13.3. The lowest BCUT2D eigenvalue weighted by Gasteiger charge is -2.36. The molecule has 2 aromatic carbocycles. The van der Waals surface area contributed by atoms with Gasteiger partial charge in [0.15, 0.2) is 0 Å². The van der Waals surface area contributed by atoms with Crippen LogP contribution in [0.1, 0.15) is 5.56 Å². The number of nitro groups is 1. The summed E-state index contributed by atoms with van der Waals surface area (Å²) >= 11 is 1.08. The van der Waals surface area contributed by atoms with Crippen molar-refractivity contribution in [2.24, 2.45) is 0 Å². The molecule has 2 fully saturated rings. The summed E-state index contributed by atoms with van der Waals surface area (Å²) in [6.45, 7) is 1.71. The lowest BCUT2D eigenvalue weighted by atomic mass is 10.2. The van der Waals surface area contributed by atoms with Gasteiger partial charge in [0.1, 0.15) is 5.82 Å². The number of carbonyl (C=O) groups excluding carboxylic acids is 2. The van der Waals surface area contributed by atoms with Gasteiger partial charge in [-0.2, -0.15) is 13.2 Å². The highest BCUT2D eigenvalue weighted by Gasteiger charge is 2.40. The smallest absolute Gasteiger partial charge is 0.417 e. The average molecular weight is 610 g/mol. The predicted octanol–water partition coefficient (Wildman–Crippen LogP) is 5.70. The van der Waals surface area contributed by atoms with E-state index < -0.39 is 40.9 Å². The second-order valence-electron chi connectivity index (χ2n) is 9.31. The maximum Gasteiger partial charge on any atom is 0.417 e. The molecule has 16 heteroatoms. The third-order valence-electron chi connectivity index (χ3n) is 6.86. The molecule has 0 radical (unpaired) electrons. The number of halogens is 4. The van der Waals surface area contributed by atoms with E-state index in [1.54, 1.807) is 6.07 Å². The molecule has 3 aromatic rings. The molecule has 2 saturated heterocycles. The van der Waals surface area contributed by atoms with Gasteiger partial charge in [-0.3, -0.25) is 15.0 Å². The van der Waals surface area contributed by atoms with E-state index in [9.17, 15) is 32.9 Å². The van der Waals surface area contributed by atoms with Crippen LogP contribution in [0.2, 0.25) is 0 Å². The fourth-order valence-corrected chi connectivity index (χ4v) is 5.64. The van der Waals surface area contributed by atoms with Crippen molar-refractivity contribution in [3.8, 4) is 0 Å². The molecular weight excluding hydrogens is 586 g/mol. The van der Waals surface area contributed by atoms with Gasteiger partial charge in [0.25, 0.3) is 0 Å². The summed E-state index contributed by atoms with van der Waals surface area (Å²) in [6.07, 6.45) is -7.69. The number of rotatable bonds is 6. The maximum absolute atomic E-state index is 15.3. The fraction of sp³-hybridized carbons (Fsp3) is 0.308. The maximum atomic E-state index is 15.3. The molecule has 0 spiro atoms. The van der Waals surface area contributed by atoms with Crippen LogP contribution in [0.25, 0.3) is 0 Å². The first-order chi connectivity index (χ1) is 20.0. The van der Waals surface area contributed by atoms with Crippen molar-refractivity contribution < 1.29 is 41.5 Å². The molecule has 0 aliphatic carbocycles. The number of amides is 2. The number of hydrogen-bond donors (Lipinski definition) is 0. The Morgan fingerprint density at radius 2 is 1.74 bits per heavy atom. The molecule has 3 heterocycles. The number of benzene rings is 2. The number of hydrogen-bond acceptors (Lipinski definition) is 9. The van der Waals surface area contributed by atoms with Crippen molar-refractivity contribution >= 4 is 50.6 Å². The van der Waals surface area contributed by atoms with Crippen LogP contribution in [0, 0.1) is 15.9 Å². The number of carbonyl (C=O) groups is 2. The second-order valence-corrected chi connectivity index (χ2v) is 10.4. The Morgan fingerprint density at radius 1 is 1.07 bits per heavy atom. The minimum Gasteiger partial charge on any atom is -0.452 e. The number of ether oxygens (including phenoxy) is 2. The quantitative estimate of drug-likeness (QED) is 0.199. The highest BCUT2D eigenvalue weighted by molar-refractivity contribution is 7.19. The number of methoxy groups -OCH3 is 1. The van der Waals surface area contributed by atoms with Gasteiger partial charge in [-0.15, -0.1) is 0 Å². The number of alkyl halides is 3. The van der Waals surface area contributed by atoms with Gasteiger partial charge in [0.2, 0.25) is 6.23 Å². The highest BCUT2D eigenvalue weighted by Crippen LogP contribution is 2.35. The highest BCUT2D eigenvalue weighted by atomic mass is 32.1. The van der Waals surface area contributed by atoms with E-state index in [4.69, 9.17) is 9.47 Å². The summed E-state index contributed by atoms with van der Waals surface area (Å²) in [6, 6.07) is 11.0. The predicted molar refractivity (Wildman–Crippen MR) is 146 cm³/mol. The van der Waals surface area contributed by atoms with Crippen LogP contribution in [0.15, 0.2) is 54.6 Å². The van der Waals surface area contributed by atoms with Crippen LogP contribution in [-0.2, 0) is 15.7 Å². The molecule has 42 heavy (non-hydrogen) atoms. The average Bonchev–Trinajstić information content (AvgIpc) is 3.61. The minimum atomic E-state index is -4.58. The molecule has 2 aliphatic rings. The largest absolute Gasteiger partial charge is 0.452 e. The van der Waals surface area contributed by atoms with Gasteiger partial charge in [0, 0.05) is 32.2 Å². The Labute approximate surface area is 240 Å². The van der Waals surface area contributed by atoms with Gasteiger partial charge >= 0.3 is 23.4 Å². The van der Waals surface area contributed by atoms with Gasteiger partial charge in [-0.1, -0.05) is 0 Å². The molecular formula is C26H23F4N5O6S. The Bertz CT molecular complexity index is 1490. The van der Waals surface area contributed by atoms with Gasteiger partial charge in [0.05, 0.1) is 46.2 Å². The molecule has 0 bridgehead atoms. The SMILES string of the molecule is COC(=O)N(c1ccc(C(F)(F)F)cc1)[C@H]1CN(c2ccc(N3CCN(c4ccc([N+](=O)[O-])s4)CC3)c(F)c2)C(=O)O1. The van der Waals surface area contributed by atoms with E-state index in [2.05, 4.69) is 0 Å². The van der Waals surface area contributed by atoms with Crippen molar-refractivity contribution in [2.75, 3.05) is 59.4 Å². The number of piperazine rings is 1. The normalized spacial score (nSPS) is 17.3. The van der Waals surface area contributed by atoms with E-state index in [0.717, 1.165) is 63.6 Å². The molecule has 1 aromatic heterocycles. The lowest BCUT2D eigenvalue weighted by molar-refractivity contribution is -0.380. The lowest BCUT2D eigenvalue weighted by Crippen LogP contribution is -2.46. The molecule has 5 rings (SSSR count). The Kier molecular flexibility index (Phi) is 7.81. The number of thiophene rings is 1. The van der Waals surface area contributed by atoms with Crippen LogP contribution in [0.5, 0.6) is 0 Å². The van der Waals surface area contributed by atoms with E-state index in [1.807, 2.05) is 9.80 Å². The Hall–Kier alpha value is -4.60. The first kappa shape index (κ1) is 28.9. The van der Waals surface area contributed by atoms with Crippen LogP contribution < -0.4 is 19.6 Å². The monoisotopic (exact) mass is 609 g/mol. The summed E-state index contributed by atoms with van der Waals surface area (Å²) < 4.78 is 64.3. The summed E-state index contributed by atoms with van der Waals surface area (Å²) in [7, 11) is 1.08. The summed E-state index contributed by atoms with van der Waals surface area (Å²) in [5.41, 5.74) is -0.452. The summed E-state index contributed by atoms with van der Waals surface area (Å²) in [5.74, 6) is -0.600. The molecule has 0 unspecified atom stereocenters. The van der Waals surface area contributed by atoms with Crippen LogP contribution >= 0.6 is 11.3 Å². The zero-order valence-corrected chi connectivity index (χ0v) is 22.7. The summed E-state index contributed by atoms with van der Waals surface area (Å²) in [4.78, 5) is 41.6. The number of anilines is 4. The van der Waals surface area contributed by atoms with Crippen LogP contribution in [-0.4, -0.2) is 63.2 Å². The fourth-order valence-electron chi connectivity index (χ4n) is 4.77. The van der Waals surface area contributed by atoms with Gasteiger partial charge in [-0.05, 0) is 59.9 Å². The topological polar surface area (TPSA) is 109 Å².